The Morgan fingerprint density at radius 3 is 0.875 bits per heavy atom. The van der Waals surface area contributed by atoms with E-state index in [-0.39, 0.29) is 37.5 Å². The van der Waals surface area contributed by atoms with Crippen molar-refractivity contribution in [3.8, 4) is 0 Å². The first-order chi connectivity index (χ1) is 35.5. The van der Waals surface area contributed by atoms with E-state index in [1.807, 2.05) is 0 Å². The molecule has 0 aliphatic carbocycles. The zero-order valence-electron chi connectivity index (χ0n) is 46.4. The molecule has 0 heterocycles. The molecule has 0 bridgehead atoms. The first kappa shape index (κ1) is 67.5. The average molecular weight is 996 g/mol. The molecule has 1 atom stereocenters. The van der Waals surface area contributed by atoms with Gasteiger partial charge >= 0.3 is 17.9 Å². The smallest absolute Gasteiger partial charge is 0.306 e. The second-order valence-corrected chi connectivity index (χ2v) is 18.8. The summed E-state index contributed by atoms with van der Waals surface area (Å²) in [6, 6.07) is 0. The van der Waals surface area contributed by atoms with Gasteiger partial charge in [-0.15, -0.1) is 0 Å². The molecule has 0 N–H and O–H groups in total. The minimum atomic E-state index is -0.805. The van der Waals surface area contributed by atoms with E-state index in [0.29, 0.717) is 12.8 Å². The quantitative estimate of drug-likeness (QED) is 0.0261. The lowest BCUT2D eigenvalue weighted by atomic mass is 10.1. The molecular weight excluding hydrogens is 889 g/mol. The average Bonchev–Trinajstić information content (AvgIpc) is 3.38. The molecule has 0 aliphatic rings. The molecule has 0 spiro atoms. The molecule has 0 saturated carbocycles. The van der Waals surface area contributed by atoms with Gasteiger partial charge in [-0.05, 0) is 135 Å². The number of allylic oxidation sites excluding steroid dienone is 22. The van der Waals surface area contributed by atoms with Crippen molar-refractivity contribution in [1.82, 2.24) is 0 Å². The third-order valence-corrected chi connectivity index (χ3v) is 11.9. The Bertz CT molecular complexity index is 1560. The van der Waals surface area contributed by atoms with Gasteiger partial charge in [-0.2, -0.15) is 0 Å². The summed E-state index contributed by atoms with van der Waals surface area (Å²) in [6.45, 7) is 6.33. The Kier molecular flexibility index (Phi) is 55.5. The number of carbonyl (C=O) groups is 3. The summed E-state index contributed by atoms with van der Waals surface area (Å²) < 4.78 is 16.8. The van der Waals surface area contributed by atoms with Crippen LogP contribution in [-0.2, 0) is 28.6 Å². The number of rotatable bonds is 51. The lowest BCUT2D eigenvalue weighted by Gasteiger charge is -2.18. The van der Waals surface area contributed by atoms with Gasteiger partial charge in [-0.1, -0.05) is 225 Å². The Morgan fingerprint density at radius 2 is 0.542 bits per heavy atom. The van der Waals surface area contributed by atoms with Gasteiger partial charge in [-0.25, -0.2) is 0 Å². The first-order valence-electron chi connectivity index (χ1n) is 29.2. The summed E-state index contributed by atoms with van der Waals surface area (Å²) in [4.78, 5) is 38.1. The fraction of sp³-hybridized carbons (Fsp3) is 0.621. The molecule has 0 aliphatic heterocycles. The van der Waals surface area contributed by atoms with E-state index < -0.39 is 6.10 Å². The van der Waals surface area contributed by atoms with E-state index in [4.69, 9.17) is 14.2 Å². The number of unbranched alkanes of at least 4 members (excludes halogenated alkanes) is 18. The number of hydrogen-bond acceptors (Lipinski definition) is 6. The van der Waals surface area contributed by atoms with Crippen LogP contribution in [0.15, 0.2) is 134 Å². The normalized spacial score (nSPS) is 13.1. The fourth-order valence-corrected chi connectivity index (χ4v) is 7.55. The van der Waals surface area contributed by atoms with Gasteiger partial charge in [0, 0.05) is 19.3 Å². The maximum absolute atomic E-state index is 12.8. The predicted molar refractivity (Wildman–Crippen MR) is 311 cm³/mol. The number of esters is 3. The molecule has 0 fully saturated rings. The van der Waals surface area contributed by atoms with Crippen molar-refractivity contribution in [2.75, 3.05) is 13.2 Å². The van der Waals surface area contributed by atoms with Crippen LogP contribution in [0.3, 0.4) is 0 Å². The number of ether oxygens (including phenoxy) is 3. The van der Waals surface area contributed by atoms with Crippen LogP contribution in [0, 0.1) is 0 Å². The monoisotopic (exact) mass is 995 g/mol. The lowest BCUT2D eigenvalue weighted by Crippen LogP contribution is -2.30. The lowest BCUT2D eigenvalue weighted by molar-refractivity contribution is -0.167. The molecule has 6 heteroatoms. The Hall–Kier alpha value is -4.45. The second-order valence-electron chi connectivity index (χ2n) is 18.8. The minimum absolute atomic E-state index is 0.101. The Balaban J connectivity index is 4.32. The highest BCUT2D eigenvalue weighted by atomic mass is 16.6. The summed E-state index contributed by atoms with van der Waals surface area (Å²) in [6.07, 6.45) is 83.1. The third-order valence-electron chi connectivity index (χ3n) is 11.9. The van der Waals surface area contributed by atoms with Crippen LogP contribution in [0.4, 0.5) is 0 Å². The van der Waals surface area contributed by atoms with Gasteiger partial charge < -0.3 is 14.2 Å². The summed E-state index contributed by atoms with van der Waals surface area (Å²) in [5.74, 6) is -0.956. The fourth-order valence-electron chi connectivity index (χ4n) is 7.55. The maximum atomic E-state index is 12.8. The standard InChI is InChI=1S/C66H106O6/c1-4-7-10-13-16-19-22-25-26-27-28-29-30-31-32-33-34-35-36-37-38-39-40-42-44-47-50-53-56-59-65(68)71-62-63(61-70-64(67)58-55-52-49-46-43-24-21-18-15-12-9-6-3)72-66(69)60-57-54-51-48-45-41-23-20-17-14-11-8-5-2/h7-8,10-11,16-21,25-26,28-29,31-32,34-35,37-38,41,45,63H,4-6,9,12-15,22-24,27,30,33,36,39-40,42-44,46-62H2,1-3H3/b10-7-,11-8-,19-16-,20-17-,21-18-,26-25-,29-28-,32-31-,35-34-,38-37-,45-41-. The van der Waals surface area contributed by atoms with Crippen molar-refractivity contribution in [3.63, 3.8) is 0 Å². The molecule has 0 aromatic carbocycles. The predicted octanol–water partition coefficient (Wildman–Crippen LogP) is 19.8. The second kappa shape index (κ2) is 59.1. The zero-order valence-corrected chi connectivity index (χ0v) is 46.4. The molecule has 0 amide bonds. The summed E-state index contributed by atoms with van der Waals surface area (Å²) in [5.41, 5.74) is 0. The topological polar surface area (TPSA) is 78.9 Å². The van der Waals surface area contributed by atoms with Crippen LogP contribution in [0.2, 0.25) is 0 Å². The Labute approximate surface area is 443 Å². The van der Waals surface area contributed by atoms with Crippen LogP contribution in [0.5, 0.6) is 0 Å². The molecular formula is C66H106O6. The van der Waals surface area contributed by atoms with Crippen LogP contribution >= 0.6 is 0 Å². The molecule has 406 valence electrons. The van der Waals surface area contributed by atoms with Crippen molar-refractivity contribution < 1.29 is 28.6 Å². The highest BCUT2D eigenvalue weighted by Gasteiger charge is 2.19. The van der Waals surface area contributed by atoms with E-state index in [1.165, 1.54) is 57.8 Å². The highest BCUT2D eigenvalue weighted by molar-refractivity contribution is 5.71. The van der Waals surface area contributed by atoms with Gasteiger partial charge in [0.1, 0.15) is 13.2 Å². The Morgan fingerprint density at radius 1 is 0.292 bits per heavy atom. The SMILES string of the molecule is CC/C=C\C/C=C\C/C=C\C/C=C\C/C=C\C/C=C\C/C=C\CCCCCCCCCC(=O)OCC(COC(=O)CCCCCCC/C=C\CCCCC)OC(=O)CCCCC/C=C\C/C=C\C/C=C\CC. The molecule has 0 aromatic heterocycles. The van der Waals surface area contributed by atoms with Gasteiger partial charge in [0.25, 0.3) is 0 Å². The highest BCUT2D eigenvalue weighted by Crippen LogP contribution is 2.13. The largest absolute Gasteiger partial charge is 0.462 e. The van der Waals surface area contributed by atoms with Crippen molar-refractivity contribution in [2.45, 2.75) is 252 Å². The van der Waals surface area contributed by atoms with Gasteiger partial charge in [-0.3, -0.25) is 14.4 Å². The van der Waals surface area contributed by atoms with Gasteiger partial charge in [0.2, 0.25) is 0 Å². The van der Waals surface area contributed by atoms with Gasteiger partial charge in [0.15, 0.2) is 6.10 Å². The molecule has 0 aromatic rings. The number of carbonyl (C=O) groups excluding carboxylic acids is 3. The summed E-state index contributed by atoms with van der Waals surface area (Å²) in [5, 5.41) is 0. The molecule has 6 nitrogen and oxygen atoms in total. The van der Waals surface area contributed by atoms with Crippen LogP contribution in [0.1, 0.15) is 245 Å². The summed E-state index contributed by atoms with van der Waals surface area (Å²) in [7, 11) is 0. The van der Waals surface area contributed by atoms with Crippen LogP contribution in [-0.4, -0.2) is 37.2 Å². The van der Waals surface area contributed by atoms with E-state index in [1.54, 1.807) is 0 Å². The van der Waals surface area contributed by atoms with Crippen LogP contribution < -0.4 is 0 Å². The van der Waals surface area contributed by atoms with Crippen molar-refractivity contribution >= 4 is 17.9 Å². The zero-order chi connectivity index (χ0) is 52.2. The van der Waals surface area contributed by atoms with Crippen LogP contribution in [0.25, 0.3) is 0 Å². The summed E-state index contributed by atoms with van der Waals surface area (Å²) >= 11 is 0. The third kappa shape index (κ3) is 56.5. The van der Waals surface area contributed by atoms with E-state index in [2.05, 4.69) is 154 Å². The molecule has 72 heavy (non-hydrogen) atoms. The number of hydrogen-bond donors (Lipinski definition) is 0. The van der Waals surface area contributed by atoms with Crippen molar-refractivity contribution in [2.24, 2.45) is 0 Å². The first-order valence-corrected chi connectivity index (χ1v) is 29.2. The van der Waals surface area contributed by atoms with E-state index in [0.717, 1.165) is 148 Å². The van der Waals surface area contributed by atoms with E-state index >= 15 is 0 Å². The molecule has 1 unspecified atom stereocenters. The van der Waals surface area contributed by atoms with E-state index in [9.17, 15) is 14.4 Å². The van der Waals surface area contributed by atoms with Crippen molar-refractivity contribution in [1.29, 1.82) is 0 Å². The van der Waals surface area contributed by atoms with Gasteiger partial charge in [0.05, 0.1) is 0 Å². The minimum Gasteiger partial charge on any atom is -0.462 e. The molecule has 0 radical (unpaired) electrons. The maximum Gasteiger partial charge on any atom is 0.306 e. The molecule has 0 rings (SSSR count). The molecule has 0 saturated heterocycles. The van der Waals surface area contributed by atoms with Crippen molar-refractivity contribution in [3.05, 3.63) is 134 Å².